The summed E-state index contributed by atoms with van der Waals surface area (Å²) >= 11 is 0. The number of hydrogen-bond acceptors (Lipinski definition) is 2. The highest BCUT2D eigenvalue weighted by atomic mass is 16.5. The maximum absolute atomic E-state index is 9.77. The topological polar surface area (TPSA) is 33.0 Å². The van der Waals surface area contributed by atoms with Crippen molar-refractivity contribution >= 4 is 0 Å². The number of rotatable bonds is 16. The number of nitriles is 1. The SMILES string of the molecule is CCCCCCCCOc1ccc(C(CCCC)CCC(C#N)C2CCCCC2)cc1. The van der Waals surface area contributed by atoms with Crippen LogP contribution in [-0.4, -0.2) is 6.61 Å². The number of hydrogen-bond donors (Lipinski definition) is 0. The van der Waals surface area contributed by atoms with Crippen LogP contribution in [0.2, 0.25) is 0 Å². The van der Waals surface area contributed by atoms with Crippen molar-refractivity contribution in [3.8, 4) is 11.8 Å². The molecule has 1 saturated carbocycles. The minimum absolute atomic E-state index is 0.254. The smallest absolute Gasteiger partial charge is 0.119 e. The average molecular weight is 426 g/mol. The Kier molecular flexibility index (Phi) is 13.5. The van der Waals surface area contributed by atoms with E-state index in [9.17, 15) is 5.26 Å². The zero-order valence-corrected chi connectivity index (χ0v) is 20.4. The first-order valence-corrected chi connectivity index (χ1v) is 13.4. The van der Waals surface area contributed by atoms with Gasteiger partial charge >= 0.3 is 0 Å². The number of ether oxygens (including phenoxy) is 1. The molecule has 0 bridgehead atoms. The van der Waals surface area contributed by atoms with Crippen LogP contribution in [0.15, 0.2) is 24.3 Å². The first-order valence-electron chi connectivity index (χ1n) is 13.4. The lowest BCUT2D eigenvalue weighted by atomic mass is 9.77. The van der Waals surface area contributed by atoms with Crippen LogP contribution in [0.5, 0.6) is 5.75 Å². The van der Waals surface area contributed by atoms with E-state index in [1.54, 1.807) is 0 Å². The van der Waals surface area contributed by atoms with Gasteiger partial charge in [-0.25, -0.2) is 0 Å². The van der Waals surface area contributed by atoms with Gasteiger partial charge in [0.2, 0.25) is 0 Å². The average Bonchev–Trinajstić information content (AvgIpc) is 2.82. The van der Waals surface area contributed by atoms with Crippen molar-refractivity contribution in [1.29, 1.82) is 5.26 Å². The quantitative estimate of drug-likeness (QED) is 0.247. The van der Waals surface area contributed by atoms with Gasteiger partial charge in [0.1, 0.15) is 5.75 Å². The molecule has 1 aliphatic carbocycles. The van der Waals surface area contributed by atoms with Gasteiger partial charge in [0.25, 0.3) is 0 Å². The van der Waals surface area contributed by atoms with E-state index in [4.69, 9.17) is 4.74 Å². The Morgan fingerprint density at radius 3 is 2.19 bits per heavy atom. The zero-order chi connectivity index (χ0) is 22.2. The third-order valence-electron chi connectivity index (χ3n) is 7.24. The number of unbranched alkanes of at least 4 members (excludes halogenated alkanes) is 6. The Hall–Kier alpha value is -1.49. The summed E-state index contributed by atoms with van der Waals surface area (Å²) in [4.78, 5) is 0. The second-order valence-corrected chi connectivity index (χ2v) is 9.74. The highest BCUT2D eigenvalue weighted by Crippen LogP contribution is 2.36. The van der Waals surface area contributed by atoms with Gasteiger partial charge in [-0.05, 0) is 68.1 Å². The zero-order valence-electron chi connectivity index (χ0n) is 20.4. The summed E-state index contributed by atoms with van der Waals surface area (Å²) in [7, 11) is 0. The molecule has 1 aliphatic rings. The molecule has 2 atom stereocenters. The van der Waals surface area contributed by atoms with E-state index in [0.717, 1.165) is 31.6 Å². The highest BCUT2D eigenvalue weighted by molar-refractivity contribution is 5.29. The molecular formula is C29H47NO. The molecule has 1 fully saturated rings. The predicted molar refractivity (Wildman–Crippen MR) is 132 cm³/mol. The van der Waals surface area contributed by atoms with Crippen molar-refractivity contribution in [2.24, 2.45) is 11.8 Å². The van der Waals surface area contributed by atoms with Gasteiger partial charge in [0.15, 0.2) is 0 Å². The van der Waals surface area contributed by atoms with Gasteiger partial charge in [-0.3, -0.25) is 0 Å². The van der Waals surface area contributed by atoms with Crippen molar-refractivity contribution in [1.82, 2.24) is 0 Å². The van der Waals surface area contributed by atoms with E-state index in [1.807, 2.05) is 0 Å². The van der Waals surface area contributed by atoms with E-state index in [-0.39, 0.29) is 5.92 Å². The van der Waals surface area contributed by atoms with Gasteiger partial charge in [0, 0.05) is 5.92 Å². The third kappa shape index (κ3) is 10.1. The lowest BCUT2D eigenvalue weighted by molar-refractivity contribution is 0.272. The molecule has 0 aliphatic heterocycles. The molecule has 2 heteroatoms. The minimum Gasteiger partial charge on any atom is -0.494 e. The molecule has 2 rings (SSSR count). The Bertz CT molecular complexity index is 596. The molecule has 2 unspecified atom stereocenters. The van der Waals surface area contributed by atoms with Gasteiger partial charge < -0.3 is 4.74 Å². The lowest BCUT2D eigenvalue weighted by Gasteiger charge is -2.27. The normalized spacial score (nSPS) is 16.5. The summed E-state index contributed by atoms with van der Waals surface area (Å²) in [5.74, 6) is 2.48. The molecule has 174 valence electrons. The second-order valence-electron chi connectivity index (χ2n) is 9.74. The van der Waals surface area contributed by atoms with E-state index in [1.165, 1.54) is 89.0 Å². The molecular weight excluding hydrogens is 378 g/mol. The van der Waals surface area contributed by atoms with Gasteiger partial charge in [0.05, 0.1) is 12.7 Å². The fraction of sp³-hybridized carbons (Fsp3) is 0.759. The molecule has 0 saturated heterocycles. The van der Waals surface area contributed by atoms with E-state index < -0.39 is 0 Å². The van der Waals surface area contributed by atoms with Crippen molar-refractivity contribution in [3.63, 3.8) is 0 Å². The van der Waals surface area contributed by atoms with Gasteiger partial charge in [-0.1, -0.05) is 90.2 Å². The fourth-order valence-corrected chi connectivity index (χ4v) is 5.16. The van der Waals surface area contributed by atoms with Crippen LogP contribution in [0.1, 0.15) is 128 Å². The Balaban J connectivity index is 1.81. The summed E-state index contributed by atoms with van der Waals surface area (Å²) in [6, 6.07) is 11.5. The van der Waals surface area contributed by atoms with E-state index in [0.29, 0.717) is 11.8 Å². The van der Waals surface area contributed by atoms with Crippen LogP contribution in [0.4, 0.5) is 0 Å². The van der Waals surface area contributed by atoms with Crippen LogP contribution in [0, 0.1) is 23.2 Å². The summed E-state index contributed by atoms with van der Waals surface area (Å²) in [6.45, 7) is 5.37. The molecule has 0 heterocycles. The van der Waals surface area contributed by atoms with E-state index in [2.05, 4.69) is 44.2 Å². The molecule has 1 aromatic carbocycles. The van der Waals surface area contributed by atoms with Crippen LogP contribution < -0.4 is 4.74 Å². The first-order chi connectivity index (χ1) is 15.3. The van der Waals surface area contributed by atoms with Crippen molar-refractivity contribution in [2.75, 3.05) is 6.61 Å². The third-order valence-corrected chi connectivity index (χ3v) is 7.24. The Morgan fingerprint density at radius 1 is 0.839 bits per heavy atom. The van der Waals surface area contributed by atoms with Crippen LogP contribution in [-0.2, 0) is 0 Å². The van der Waals surface area contributed by atoms with Crippen molar-refractivity contribution in [3.05, 3.63) is 29.8 Å². The lowest BCUT2D eigenvalue weighted by Crippen LogP contribution is -2.17. The highest BCUT2D eigenvalue weighted by Gasteiger charge is 2.24. The molecule has 2 nitrogen and oxygen atoms in total. The van der Waals surface area contributed by atoms with Crippen LogP contribution in [0.25, 0.3) is 0 Å². The summed E-state index contributed by atoms with van der Waals surface area (Å²) in [5, 5.41) is 9.77. The number of benzene rings is 1. The molecule has 1 aromatic rings. The Morgan fingerprint density at radius 2 is 1.52 bits per heavy atom. The van der Waals surface area contributed by atoms with Crippen molar-refractivity contribution in [2.45, 2.75) is 122 Å². The van der Waals surface area contributed by atoms with E-state index >= 15 is 0 Å². The van der Waals surface area contributed by atoms with Crippen molar-refractivity contribution < 1.29 is 4.74 Å². The number of nitrogens with zero attached hydrogens (tertiary/aromatic N) is 1. The molecule has 0 radical (unpaired) electrons. The second kappa shape index (κ2) is 16.2. The van der Waals surface area contributed by atoms with Gasteiger partial charge in [-0.2, -0.15) is 5.26 Å². The standard InChI is InChI=1S/C29H47NO/c1-3-5-7-8-9-13-23-31-29-21-19-27(20-22-29)26(14-6-4-2)17-18-28(24-30)25-15-11-10-12-16-25/h19-22,25-26,28H,3-18,23H2,1-2H3. The fourth-order valence-electron chi connectivity index (χ4n) is 5.16. The molecule has 31 heavy (non-hydrogen) atoms. The predicted octanol–water partition coefficient (Wildman–Crippen LogP) is 9.20. The maximum atomic E-state index is 9.77. The summed E-state index contributed by atoms with van der Waals surface area (Å²) in [6.07, 6.45) is 20.3. The molecule has 0 amide bonds. The van der Waals surface area contributed by atoms with Gasteiger partial charge in [-0.15, -0.1) is 0 Å². The minimum atomic E-state index is 0.254. The van der Waals surface area contributed by atoms with Crippen LogP contribution in [0.3, 0.4) is 0 Å². The molecule has 0 N–H and O–H groups in total. The largest absolute Gasteiger partial charge is 0.494 e. The first kappa shape index (κ1) is 25.8. The maximum Gasteiger partial charge on any atom is 0.119 e. The summed E-state index contributed by atoms with van der Waals surface area (Å²) in [5.41, 5.74) is 1.43. The monoisotopic (exact) mass is 425 g/mol. The molecule has 0 spiro atoms. The van der Waals surface area contributed by atoms with Crippen LogP contribution >= 0.6 is 0 Å². The molecule has 0 aromatic heterocycles. The summed E-state index contributed by atoms with van der Waals surface area (Å²) < 4.78 is 5.98. The Labute approximate surface area is 192 Å².